The van der Waals surface area contributed by atoms with Crippen LogP contribution in [0.2, 0.25) is 5.02 Å². The van der Waals surface area contributed by atoms with Crippen LogP contribution in [-0.4, -0.2) is 18.2 Å². The van der Waals surface area contributed by atoms with Gasteiger partial charge in [-0.3, -0.25) is 0 Å². The number of halogens is 1. The van der Waals surface area contributed by atoms with E-state index >= 15 is 0 Å². The fourth-order valence-electron chi connectivity index (χ4n) is 3.41. The van der Waals surface area contributed by atoms with Gasteiger partial charge in [-0.2, -0.15) is 0 Å². The summed E-state index contributed by atoms with van der Waals surface area (Å²) in [6, 6.07) is 8.30. The minimum atomic E-state index is 0.195. The van der Waals surface area contributed by atoms with Gasteiger partial charge in [0.15, 0.2) is 0 Å². The highest BCUT2D eigenvalue weighted by Crippen LogP contribution is 2.44. The Hall–Kier alpha value is -0.570. The first-order valence-corrected chi connectivity index (χ1v) is 7.69. The molecule has 1 aromatic carbocycles. The summed E-state index contributed by atoms with van der Waals surface area (Å²) in [6.07, 6.45) is 6.99. The minimum absolute atomic E-state index is 0.195. The van der Waals surface area contributed by atoms with Gasteiger partial charge >= 0.3 is 0 Å². The van der Waals surface area contributed by atoms with E-state index in [-0.39, 0.29) is 11.6 Å². The maximum atomic E-state index is 6.43. The smallest absolute Gasteiger partial charge is 0.0685 e. The second kappa shape index (κ2) is 5.43. The van der Waals surface area contributed by atoms with Crippen molar-refractivity contribution in [1.82, 2.24) is 0 Å². The van der Waals surface area contributed by atoms with Crippen molar-refractivity contribution in [2.75, 3.05) is 6.61 Å². The molecular formula is C16H22ClNO. The molecule has 3 heteroatoms. The first-order valence-electron chi connectivity index (χ1n) is 7.31. The highest BCUT2D eigenvalue weighted by Gasteiger charge is 2.43. The third kappa shape index (κ3) is 2.96. The van der Waals surface area contributed by atoms with E-state index in [1.54, 1.807) is 0 Å². The number of ether oxygens (including phenoxy) is 1. The van der Waals surface area contributed by atoms with Crippen LogP contribution in [0, 0.1) is 5.92 Å². The number of benzene rings is 1. The van der Waals surface area contributed by atoms with E-state index in [2.05, 4.69) is 12.1 Å². The Morgan fingerprint density at radius 1 is 1.32 bits per heavy atom. The average Bonchev–Trinajstić information content (AvgIpc) is 2.40. The van der Waals surface area contributed by atoms with Gasteiger partial charge in [-0.05, 0) is 62.1 Å². The normalized spacial score (nSPS) is 26.9. The molecule has 2 unspecified atom stereocenters. The van der Waals surface area contributed by atoms with E-state index in [9.17, 15) is 0 Å². The lowest BCUT2D eigenvalue weighted by molar-refractivity contribution is -0.145. The van der Waals surface area contributed by atoms with Crippen molar-refractivity contribution < 1.29 is 4.74 Å². The number of hydrogen-bond acceptors (Lipinski definition) is 2. The third-order valence-corrected chi connectivity index (χ3v) is 5.04. The van der Waals surface area contributed by atoms with E-state index in [1.807, 2.05) is 12.1 Å². The van der Waals surface area contributed by atoms with E-state index in [4.69, 9.17) is 22.1 Å². The molecule has 0 amide bonds. The average molecular weight is 280 g/mol. The lowest BCUT2D eigenvalue weighted by Gasteiger charge is -2.48. The van der Waals surface area contributed by atoms with Crippen molar-refractivity contribution in [3.8, 4) is 0 Å². The van der Waals surface area contributed by atoms with E-state index in [0.29, 0.717) is 5.92 Å². The van der Waals surface area contributed by atoms with Gasteiger partial charge in [0.1, 0.15) is 0 Å². The Labute approximate surface area is 120 Å². The first-order chi connectivity index (χ1) is 9.17. The Balaban J connectivity index is 1.60. The third-order valence-electron chi connectivity index (χ3n) is 4.79. The molecule has 2 atom stereocenters. The van der Waals surface area contributed by atoms with Gasteiger partial charge in [0.25, 0.3) is 0 Å². The molecule has 1 heterocycles. The molecule has 1 aliphatic carbocycles. The molecule has 19 heavy (non-hydrogen) atoms. The van der Waals surface area contributed by atoms with E-state index < -0.39 is 0 Å². The van der Waals surface area contributed by atoms with Crippen LogP contribution in [0.1, 0.15) is 37.7 Å². The van der Waals surface area contributed by atoms with Gasteiger partial charge in [0, 0.05) is 17.7 Å². The Bertz CT molecular complexity index is 427. The van der Waals surface area contributed by atoms with Crippen LogP contribution in [-0.2, 0) is 11.2 Å². The van der Waals surface area contributed by atoms with Crippen LogP contribution in [0.3, 0.4) is 0 Å². The second-order valence-corrected chi connectivity index (χ2v) is 6.57. The molecule has 0 radical (unpaired) electrons. The Morgan fingerprint density at radius 2 is 2.05 bits per heavy atom. The van der Waals surface area contributed by atoms with Crippen LogP contribution in [0.4, 0.5) is 0 Å². The molecule has 1 saturated carbocycles. The largest absolute Gasteiger partial charge is 0.375 e. The molecular weight excluding hydrogens is 258 g/mol. The summed E-state index contributed by atoms with van der Waals surface area (Å²) in [6.45, 7) is 0.888. The lowest BCUT2D eigenvalue weighted by atomic mass is 9.70. The molecule has 2 fully saturated rings. The summed E-state index contributed by atoms with van der Waals surface area (Å²) in [5.74, 6) is 0.602. The Kier molecular flexibility index (Phi) is 3.84. The standard InChI is InChI=1S/C16H22ClNO/c17-14-4-2-12(3-5-14)10-15(18)13-6-9-19-16(11-13)7-1-8-16/h2-5,13,15H,1,6-11,18H2. The number of rotatable bonds is 3. The van der Waals surface area contributed by atoms with Gasteiger partial charge in [0.05, 0.1) is 5.60 Å². The van der Waals surface area contributed by atoms with Crippen molar-refractivity contribution in [3.05, 3.63) is 34.9 Å². The summed E-state index contributed by atoms with van der Waals surface area (Å²) in [5, 5.41) is 0.789. The minimum Gasteiger partial charge on any atom is -0.375 e. The van der Waals surface area contributed by atoms with Crippen LogP contribution < -0.4 is 5.73 Å². The van der Waals surface area contributed by atoms with Gasteiger partial charge < -0.3 is 10.5 Å². The van der Waals surface area contributed by atoms with Crippen LogP contribution in [0.15, 0.2) is 24.3 Å². The molecule has 1 aliphatic heterocycles. The number of nitrogens with two attached hydrogens (primary N) is 1. The monoisotopic (exact) mass is 279 g/mol. The molecule has 1 saturated heterocycles. The Morgan fingerprint density at radius 3 is 2.68 bits per heavy atom. The fraction of sp³-hybridized carbons (Fsp3) is 0.625. The zero-order valence-corrected chi connectivity index (χ0v) is 12.0. The van der Waals surface area contributed by atoms with Gasteiger partial charge in [-0.15, -0.1) is 0 Å². The van der Waals surface area contributed by atoms with Gasteiger partial charge in [-0.1, -0.05) is 23.7 Å². The maximum Gasteiger partial charge on any atom is 0.0685 e. The molecule has 0 bridgehead atoms. The molecule has 2 N–H and O–H groups in total. The van der Waals surface area contributed by atoms with Crippen molar-refractivity contribution >= 4 is 11.6 Å². The molecule has 2 aliphatic rings. The zero-order valence-electron chi connectivity index (χ0n) is 11.3. The van der Waals surface area contributed by atoms with Gasteiger partial charge in [-0.25, -0.2) is 0 Å². The van der Waals surface area contributed by atoms with Crippen LogP contribution in [0.5, 0.6) is 0 Å². The summed E-state index contributed by atoms with van der Waals surface area (Å²) < 4.78 is 5.97. The van der Waals surface area contributed by atoms with Crippen molar-refractivity contribution in [3.63, 3.8) is 0 Å². The quantitative estimate of drug-likeness (QED) is 0.918. The summed E-state index contributed by atoms with van der Waals surface area (Å²) in [5.41, 5.74) is 7.91. The van der Waals surface area contributed by atoms with Gasteiger partial charge in [0.2, 0.25) is 0 Å². The molecule has 3 rings (SSSR count). The first kappa shape index (κ1) is 13.4. The maximum absolute atomic E-state index is 6.43. The van der Waals surface area contributed by atoms with Crippen molar-refractivity contribution in [2.24, 2.45) is 11.7 Å². The molecule has 0 aromatic heterocycles. The summed E-state index contributed by atoms with van der Waals surface area (Å²) in [4.78, 5) is 0. The van der Waals surface area contributed by atoms with E-state index in [0.717, 1.165) is 30.9 Å². The summed E-state index contributed by atoms with van der Waals surface area (Å²) >= 11 is 5.91. The van der Waals surface area contributed by atoms with Crippen LogP contribution >= 0.6 is 11.6 Å². The summed E-state index contributed by atoms with van der Waals surface area (Å²) in [7, 11) is 0. The SMILES string of the molecule is NC(Cc1ccc(Cl)cc1)C1CCOC2(CCC2)C1. The molecule has 104 valence electrons. The topological polar surface area (TPSA) is 35.2 Å². The predicted octanol–water partition coefficient (Wildman–Crippen LogP) is 3.56. The number of hydrogen-bond donors (Lipinski definition) is 1. The highest BCUT2D eigenvalue weighted by molar-refractivity contribution is 6.30. The predicted molar refractivity (Wildman–Crippen MR) is 78.4 cm³/mol. The van der Waals surface area contributed by atoms with Crippen LogP contribution in [0.25, 0.3) is 0 Å². The zero-order chi connectivity index (χ0) is 13.3. The van der Waals surface area contributed by atoms with E-state index in [1.165, 1.54) is 24.8 Å². The molecule has 1 aromatic rings. The van der Waals surface area contributed by atoms with Crippen molar-refractivity contribution in [1.29, 1.82) is 0 Å². The second-order valence-electron chi connectivity index (χ2n) is 6.13. The molecule has 1 spiro atoms. The fourth-order valence-corrected chi connectivity index (χ4v) is 3.54. The lowest BCUT2D eigenvalue weighted by Crippen LogP contribution is -2.49. The van der Waals surface area contributed by atoms with Crippen molar-refractivity contribution in [2.45, 2.75) is 50.2 Å². The molecule has 2 nitrogen and oxygen atoms in total. The highest BCUT2D eigenvalue weighted by atomic mass is 35.5.